The first kappa shape index (κ1) is 15.5. The topological polar surface area (TPSA) is 48.2 Å². The lowest BCUT2D eigenvalue weighted by atomic mass is 10.1. The van der Waals surface area contributed by atoms with Gasteiger partial charge in [0, 0.05) is 11.4 Å². The molecule has 0 heterocycles. The van der Waals surface area contributed by atoms with Gasteiger partial charge in [0.05, 0.1) is 5.69 Å². The van der Waals surface area contributed by atoms with E-state index >= 15 is 0 Å². The fraction of sp³-hybridized carbons (Fsp3) is 0.158. The van der Waals surface area contributed by atoms with Crippen molar-refractivity contribution < 1.29 is 0 Å². The molecule has 2 aromatic rings. The van der Waals surface area contributed by atoms with Crippen LogP contribution in [0.2, 0.25) is 0 Å². The Bertz CT molecular complexity index is 780. The van der Waals surface area contributed by atoms with Gasteiger partial charge in [-0.05, 0) is 56.2 Å². The summed E-state index contributed by atoms with van der Waals surface area (Å²) in [6.45, 7) is 9.83. The molecule has 0 bridgehead atoms. The monoisotopic (exact) mass is 289 g/mol. The van der Waals surface area contributed by atoms with Gasteiger partial charge in [-0.15, -0.1) is 0 Å². The summed E-state index contributed by atoms with van der Waals surface area (Å²) in [6.07, 6.45) is 0. The molecule has 0 aromatic heterocycles. The zero-order chi connectivity index (χ0) is 16.1. The minimum atomic E-state index is 0.452. The Kier molecular flexibility index (Phi) is 4.75. The summed E-state index contributed by atoms with van der Waals surface area (Å²) < 4.78 is 0. The highest BCUT2D eigenvalue weighted by Gasteiger charge is 2.03. The third kappa shape index (κ3) is 3.83. The van der Waals surface area contributed by atoms with Crippen molar-refractivity contribution in [1.29, 1.82) is 5.26 Å². The SMILES string of the molecule is C=C(Nc1ccc(N=C(C)C#N)c(C)c1)c1cccc(C)c1. The molecular formula is C19H19N3. The van der Waals surface area contributed by atoms with Crippen LogP contribution in [0.5, 0.6) is 0 Å². The lowest BCUT2D eigenvalue weighted by Gasteiger charge is -2.12. The standard InChI is InChI=1S/C19H19N3/c1-13-6-5-7-17(10-13)16(4)22-18-8-9-19(14(2)11-18)21-15(3)12-20/h5-11,22H,4H2,1-3H3. The zero-order valence-corrected chi connectivity index (χ0v) is 13.1. The molecule has 0 unspecified atom stereocenters. The van der Waals surface area contributed by atoms with Crippen molar-refractivity contribution in [1.82, 2.24) is 0 Å². The van der Waals surface area contributed by atoms with E-state index in [1.54, 1.807) is 6.92 Å². The zero-order valence-electron chi connectivity index (χ0n) is 13.1. The summed E-state index contributed by atoms with van der Waals surface area (Å²) in [4.78, 5) is 4.27. The summed E-state index contributed by atoms with van der Waals surface area (Å²) in [7, 11) is 0. The Balaban J connectivity index is 2.19. The molecule has 0 aliphatic heterocycles. The molecule has 0 fully saturated rings. The predicted molar refractivity (Wildman–Crippen MR) is 93.4 cm³/mol. The number of anilines is 1. The van der Waals surface area contributed by atoms with Crippen LogP contribution >= 0.6 is 0 Å². The van der Waals surface area contributed by atoms with E-state index in [9.17, 15) is 0 Å². The van der Waals surface area contributed by atoms with E-state index in [0.717, 1.165) is 28.2 Å². The number of nitrogens with one attached hydrogen (secondary N) is 1. The smallest absolute Gasteiger partial charge is 0.115 e. The Morgan fingerprint density at radius 1 is 1.18 bits per heavy atom. The molecule has 2 aromatic carbocycles. The van der Waals surface area contributed by atoms with Crippen molar-refractivity contribution in [2.45, 2.75) is 20.8 Å². The molecule has 22 heavy (non-hydrogen) atoms. The lowest BCUT2D eigenvalue weighted by Crippen LogP contribution is -1.98. The van der Waals surface area contributed by atoms with Gasteiger partial charge in [0.2, 0.25) is 0 Å². The maximum Gasteiger partial charge on any atom is 0.115 e. The molecule has 0 atom stereocenters. The van der Waals surface area contributed by atoms with E-state index in [2.05, 4.69) is 35.9 Å². The van der Waals surface area contributed by atoms with E-state index in [1.807, 2.05) is 43.3 Å². The van der Waals surface area contributed by atoms with Gasteiger partial charge < -0.3 is 5.32 Å². The number of rotatable bonds is 4. The number of aryl methyl sites for hydroxylation is 2. The molecule has 110 valence electrons. The first-order chi connectivity index (χ1) is 10.5. The molecule has 0 radical (unpaired) electrons. The lowest BCUT2D eigenvalue weighted by molar-refractivity contribution is 1.38. The maximum absolute atomic E-state index is 8.80. The predicted octanol–water partition coefficient (Wildman–Crippen LogP) is 5.00. The number of aliphatic imine (C=N–C) groups is 1. The molecule has 0 saturated carbocycles. The second kappa shape index (κ2) is 6.73. The van der Waals surface area contributed by atoms with Crippen molar-refractivity contribution in [2.75, 3.05) is 5.32 Å². The number of nitrogens with zero attached hydrogens (tertiary/aromatic N) is 2. The second-order valence-corrected chi connectivity index (χ2v) is 5.28. The third-order valence-electron chi connectivity index (χ3n) is 3.31. The molecule has 2 rings (SSSR count). The van der Waals surface area contributed by atoms with Crippen LogP contribution in [0.4, 0.5) is 11.4 Å². The molecule has 0 spiro atoms. The number of hydrogen-bond acceptors (Lipinski definition) is 3. The molecule has 3 nitrogen and oxygen atoms in total. The molecular weight excluding hydrogens is 270 g/mol. The fourth-order valence-corrected chi connectivity index (χ4v) is 2.14. The van der Waals surface area contributed by atoms with Crippen LogP contribution in [0.3, 0.4) is 0 Å². The van der Waals surface area contributed by atoms with Crippen LogP contribution < -0.4 is 5.32 Å². The van der Waals surface area contributed by atoms with Crippen LogP contribution in [0.1, 0.15) is 23.6 Å². The van der Waals surface area contributed by atoms with E-state index in [1.165, 1.54) is 5.56 Å². The van der Waals surface area contributed by atoms with Crippen molar-refractivity contribution in [3.8, 4) is 6.07 Å². The molecule has 0 saturated heterocycles. The normalized spacial score (nSPS) is 10.9. The van der Waals surface area contributed by atoms with Gasteiger partial charge in [-0.3, -0.25) is 0 Å². The van der Waals surface area contributed by atoms with Crippen molar-refractivity contribution >= 4 is 22.8 Å². The van der Waals surface area contributed by atoms with Gasteiger partial charge in [0.25, 0.3) is 0 Å². The van der Waals surface area contributed by atoms with Crippen molar-refractivity contribution in [3.63, 3.8) is 0 Å². The largest absolute Gasteiger partial charge is 0.356 e. The highest BCUT2D eigenvalue weighted by Crippen LogP contribution is 2.25. The molecule has 1 N–H and O–H groups in total. The van der Waals surface area contributed by atoms with Crippen LogP contribution in [0.15, 0.2) is 54.0 Å². The van der Waals surface area contributed by atoms with Crippen LogP contribution in [0.25, 0.3) is 5.70 Å². The Labute approximate surface area is 131 Å². The summed E-state index contributed by atoms with van der Waals surface area (Å²) in [5.41, 5.74) is 6.36. The van der Waals surface area contributed by atoms with Crippen LogP contribution in [-0.2, 0) is 0 Å². The highest BCUT2D eigenvalue weighted by atomic mass is 14.9. The van der Waals surface area contributed by atoms with Gasteiger partial charge in [-0.25, -0.2) is 4.99 Å². The van der Waals surface area contributed by atoms with Gasteiger partial charge in [-0.2, -0.15) is 5.26 Å². The first-order valence-corrected chi connectivity index (χ1v) is 7.08. The molecule has 0 aliphatic carbocycles. The number of benzene rings is 2. The number of hydrogen-bond donors (Lipinski definition) is 1. The molecule has 3 heteroatoms. The van der Waals surface area contributed by atoms with E-state index in [4.69, 9.17) is 5.26 Å². The van der Waals surface area contributed by atoms with Crippen LogP contribution in [0, 0.1) is 25.2 Å². The summed E-state index contributed by atoms with van der Waals surface area (Å²) >= 11 is 0. The van der Waals surface area contributed by atoms with Gasteiger partial charge in [0.1, 0.15) is 11.8 Å². The fourth-order valence-electron chi connectivity index (χ4n) is 2.14. The number of nitriles is 1. The van der Waals surface area contributed by atoms with E-state index in [0.29, 0.717) is 5.71 Å². The Morgan fingerprint density at radius 2 is 1.95 bits per heavy atom. The second-order valence-electron chi connectivity index (χ2n) is 5.28. The average molecular weight is 289 g/mol. The minimum Gasteiger partial charge on any atom is -0.356 e. The Hall–Kier alpha value is -2.86. The Morgan fingerprint density at radius 3 is 2.59 bits per heavy atom. The van der Waals surface area contributed by atoms with E-state index < -0.39 is 0 Å². The average Bonchev–Trinajstić information content (AvgIpc) is 2.49. The first-order valence-electron chi connectivity index (χ1n) is 7.08. The van der Waals surface area contributed by atoms with Gasteiger partial charge in [0.15, 0.2) is 0 Å². The van der Waals surface area contributed by atoms with E-state index in [-0.39, 0.29) is 0 Å². The molecule has 0 amide bonds. The van der Waals surface area contributed by atoms with Crippen molar-refractivity contribution in [3.05, 3.63) is 65.7 Å². The van der Waals surface area contributed by atoms with Crippen molar-refractivity contribution in [2.24, 2.45) is 4.99 Å². The van der Waals surface area contributed by atoms with Gasteiger partial charge in [-0.1, -0.05) is 30.3 Å². The third-order valence-corrected chi connectivity index (χ3v) is 3.31. The summed E-state index contributed by atoms with van der Waals surface area (Å²) in [6, 6.07) is 16.1. The summed E-state index contributed by atoms with van der Waals surface area (Å²) in [5.74, 6) is 0. The maximum atomic E-state index is 8.80. The highest BCUT2D eigenvalue weighted by molar-refractivity contribution is 5.98. The quantitative estimate of drug-likeness (QED) is 0.805. The molecule has 0 aliphatic rings. The van der Waals surface area contributed by atoms with Gasteiger partial charge >= 0.3 is 0 Å². The summed E-state index contributed by atoms with van der Waals surface area (Å²) in [5, 5.41) is 12.1. The van der Waals surface area contributed by atoms with Crippen LogP contribution in [-0.4, -0.2) is 5.71 Å². The minimum absolute atomic E-state index is 0.452.